The van der Waals surface area contributed by atoms with Crippen LogP contribution in [0.4, 0.5) is 0 Å². The number of hydrogen-bond donors (Lipinski definition) is 1. The molecule has 1 saturated carbocycles. The normalized spacial score (nSPS) is 17.3. The smallest absolute Gasteiger partial charge is 0.321 e. The fourth-order valence-electron chi connectivity index (χ4n) is 1.49. The number of esters is 1. The average molecular weight is 278 g/mol. The number of nitrogens with zero attached hydrogens (tertiary/aromatic N) is 1. The van der Waals surface area contributed by atoms with Crippen molar-refractivity contribution in [3.8, 4) is 0 Å². The van der Waals surface area contributed by atoms with Gasteiger partial charge in [-0.2, -0.15) is 0 Å². The van der Waals surface area contributed by atoms with Crippen molar-refractivity contribution < 1.29 is 22.7 Å². The van der Waals surface area contributed by atoms with Crippen LogP contribution < -0.4 is 5.32 Å². The van der Waals surface area contributed by atoms with Gasteiger partial charge in [0.2, 0.25) is 15.9 Å². The molecule has 18 heavy (non-hydrogen) atoms. The highest BCUT2D eigenvalue weighted by molar-refractivity contribution is 7.89. The number of hydrogen-bond acceptors (Lipinski definition) is 5. The van der Waals surface area contributed by atoms with Crippen LogP contribution in [0.2, 0.25) is 0 Å². The van der Waals surface area contributed by atoms with E-state index < -0.39 is 27.3 Å². The van der Waals surface area contributed by atoms with Crippen molar-refractivity contribution >= 4 is 21.9 Å². The van der Waals surface area contributed by atoms with E-state index in [0.29, 0.717) is 12.8 Å². The minimum Gasteiger partial charge on any atom is -0.468 e. The molecule has 0 aromatic carbocycles. The lowest BCUT2D eigenvalue weighted by Crippen LogP contribution is -2.40. The molecule has 1 amide bonds. The molecule has 0 spiro atoms. The molecule has 0 aliphatic heterocycles. The fraction of sp³-hybridized carbons (Fsp3) is 0.800. The molecular formula is C10H18N2O5S. The van der Waals surface area contributed by atoms with Gasteiger partial charge in [0.05, 0.1) is 12.9 Å². The highest BCUT2D eigenvalue weighted by Crippen LogP contribution is 2.46. The number of carbonyl (C=O) groups is 2. The Kier molecular flexibility index (Phi) is 4.33. The molecule has 7 nitrogen and oxygen atoms in total. The molecule has 0 radical (unpaired) electrons. The van der Waals surface area contributed by atoms with Crippen molar-refractivity contribution in [1.29, 1.82) is 0 Å². The summed E-state index contributed by atoms with van der Waals surface area (Å²) in [5, 5.41) is 2.47. The third-order valence-corrected chi connectivity index (χ3v) is 4.80. The fourth-order valence-corrected chi connectivity index (χ4v) is 2.21. The first-order valence-corrected chi connectivity index (χ1v) is 7.14. The molecule has 0 atom stereocenters. The summed E-state index contributed by atoms with van der Waals surface area (Å²) in [6.45, 7) is -0.0158. The quantitative estimate of drug-likeness (QED) is 0.494. The molecule has 0 saturated heterocycles. The number of amides is 1. The van der Waals surface area contributed by atoms with Crippen molar-refractivity contribution in [2.75, 3.05) is 33.5 Å². The average Bonchev–Trinajstić information content (AvgIpc) is 3.08. The van der Waals surface area contributed by atoms with Gasteiger partial charge in [-0.15, -0.1) is 0 Å². The zero-order valence-electron chi connectivity index (χ0n) is 10.7. The highest BCUT2D eigenvalue weighted by Gasteiger charge is 2.57. The van der Waals surface area contributed by atoms with E-state index in [1.54, 1.807) is 0 Å². The molecule has 0 heterocycles. The second-order valence-electron chi connectivity index (χ2n) is 4.43. The Hall–Kier alpha value is -1.15. The lowest BCUT2D eigenvalue weighted by Gasteiger charge is -2.14. The predicted octanol–water partition coefficient (Wildman–Crippen LogP) is -1.05. The number of carbonyl (C=O) groups excluding carboxylic acids is 2. The van der Waals surface area contributed by atoms with Gasteiger partial charge in [-0.05, 0) is 12.8 Å². The second kappa shape index (κ2) is 5.23. The van der Waals surface area contributed by atoms with Gasteiger partial charge in [-0.3, -0.25) is 9.59 Å². The van der Waals surface area contributed by atoms with E-state index in [4.69, 9.17) is 0 Å². The van der Waals surface area contributed by atoms with Crippen LogP contribution in [0.5, 0.6) is 0 Å². The number of nitrogens with one attached hydrogen (secondary N) is 1. The van der Waals surface area contributed by atoms with Crippen LogP contribution in [-0.4, -0.2) is 58.1 Å². The summed E-state index contributed by atoms with van der Waals surface area (Å²) in [4.78, 5) is 23.2. The summed E-state index contributed by atoms with van der Waals surface area (Å²) >= 11 is 0. The second-order valence-corrected chi connectivity index (χ2v) is 6.73. The van der Waals surface area contributed by atoms with Gasteiger partial charge in [-0.1, -0.05) is 0 Å². The van der Waals surface area contributed by atoms with E-state index in [1.807, 2.05) is 0 Å². The molecule has 0 unspecified atom stereocenters. The molecule has 1 aliphatic rings. The third-order valence-electron chi connectivity index (χ3n) is 2.96. The molecule has 0 aromatic heterocycles. The minimum absolute atomic E-state index is 0.0158. The van der Waals surface area contributed by atoms with E-state index in [0.717, 1.165) is 4.31 Å². The Morgan fingerprint density at radius 1 is 1.33 bits per heavy atom. The van der Waals surface area contributed by atoms with Gasteiger partial charge in [0.25, 0.3) is 0 Å². The molecule has 1 aliphatic carbocycles. The lowest BCUT2D eigenvalue weighted by atomic mass is 10.1. The maximum atomic E-state index is 11.8. The molecule has 104 valence electrons. The molecule has 1 N–H and O–H groups in total. The number of methoxy groups -OCH3 is 1. The minimum atomic E-state index is -3.34. The standard InChI is InChI=1S/C10H18N2O5S/c1-12(2)18(15,16)7-6-11-8(13)10(4-5-10)9(14)17-3/h4-7H2,1-3H3,(H,11,13). The van der Waals surface area contributed by atoms with E-state index in [1.165, 1.54) is 21.2 Å². The molecule has 0 aromatic rings. The molecule has 1 fully saturated rings. The Balaban J connectivity index is 2.47. The van der Waals surface area contributed by atoms with E-state index in [-0.39, 0.29) is 12.3 Å². The molecular weight excluding hydrogens is 260 g/mol. The maximum absolute atomic E-state index is 11.8. The summed E-state index contributed by atoms with van der Waals surface area (Å²) in [5.41, 5.74) is -1.09. The summed E-state index contributed by atoms with van der Waals surface area (Å²) in [5.74, 6) is -1.21. The van der Waals surface area contributed by atoms with Crippen molar-refractivity contribution in [1.82, 2.24) is 9.62 Å². The predicted molar refractivity (Wildman–Crippen MR) is 64.2 cm³/mol. The maximum Gasteiger partial charge on any atom is 0.321 e. The van der Waals surface area contributed by atoms with Gasteiger partial charge < -0.3 is 10.1 Å². The van der Waals surface area contributed by atoms with Gasteiger partial charge in [0, 0.05) is 20.6 Å². The van der Waals surface area contributed by atoms with Crippen molar-refractivity contribution in [2.45, 2.75) is 12.8 Å². The Labute approximate surface area is 107 Å². The lowest BCUT2D eigenvalue weighted by molar-refractivity contribution is -0.152. The zero-order chi connectivity index (χ0) is 14.0. The highest BCUT2D eigenvalue weighted by atomic mass is 32.2. The zero-order valence-corrected chi connectivity index (χ0v) is 11.5. The van der Waals surface area contributed by atoms with E-state index in [9.17, 15) is 18.0 Å². The van der Waals surface area contributed by atoms with Gasteiger partial charge in [-0.25, -0.2) is 12.7 Å². The SMILES string of the molecule is COC(=O)C1(C(=O)NCCS(=O)(=O)N(C)C)CC1. The number of ether oxygens (including phenoxy) is 1. The Bertz CT molecular complexity index is 439. The molecule has 1 rings (SSSR count). The number of rotatable bonds is 6. The summed E-state index contributed by atoms with van der Waals surface area (Å²) in [6.07, 6.45) is 0.901. The van der Waals surface area contributed by atoms with Crippen molar-refractivity contribution in [3.63, 3.8) is 0 Å². The summed E-state index contributed by atoms with van der Waals surface area (Å²) < 4.78 is 28.5. The van der Waals surface area contributed by atoms with E-state index >= 15 is 0 Å². The monoisotopic (exact) mass is 278 g/mol. The third kappa shape index (κ3) is 2.99. The van der Waals surface area contributed by atoms with E-state index in [2.05, 4.69) is 10.1 Å². The molecule has 0 bridgehead atoms. The van der Waals surface area contributed by atoms with Crippen LogP contribution >= 0.6 is 0 Å². The van der Waals surface area contributed by atoms with Gasteiger partial charge in [0.1, 0.15) is 5.41 Å². The van der Waals surface area contributed by atoms with Crippen LogP contribution in [0, 0.1) is 5.41 Å². The van der Waals surface area contributed by atoms with Gasteiger partial charge in [0.15, 0.2) is 0 Å². The summed E-state index contributed by atoms with van der Waals surface area (Å²) in [6, 6.07) is 0. The molecule has 8 heteroatoms. The van der Waals surface area contributed by atoms with Crippen LogP contribution in [0.25, 0.3) is 0 Å². The largest absolute Gasteiger partial charge is 0.468 e. The first kappa shape index (κ1) is 14.9. The topological polar surface area (TPSA) is 92.8 Å². The first-order valence-electron chi connectivity index (χ1n) is 5.53. The van der Waals surface area contributed by atoms with Crippen LogP contribution in [0.15, 0.2) is 0 Å². The van der Waals surface area contributed by atoms with Crippen LogP contribution in [0.1, 0.15) is 12.8 Å². The van der Waals surface area contributed by atoms with Gasteiger partial charge >= 0.3 is 5.97 Å². The number of sulfonamides is 1. The van der Waals surface area contributed by atoms with Crippen molar-refractivity contribution in [3.05, 3.63) is 0 Å². The summed E-state index contributed by atoms with van der Waals surface area (Å²) in [7, 11) is 0.735. The Morgan fingerprint density at radius 2 is 1.89 bits per heavy atom. The van der Waals surface area contributed by atoms with Crippen molar-refractivity contribution in [2.24, 2.45) is 5.41 Å². The Morgan fingerprint density at radius 3 is 2.28 bits per heavy atom. The first-order chi connectivity index (χ1) is 8.26. The van der Waals surface area contributed by atoms with Crippen LogP contribution in [0.3, 0.4) is 0 Å². The van der Waals surface area contributed by atoms with Crippen LogP contribution in [-0.2, 0) is 24.3 Å².